The number of nitrogens with two attached hydrogens (primary N) is 1. The summed E-state index contributed by atoms with van der Waals surface area (Å²) in [6, 6.07) is 7.57. The maximum absolute atomic E-state index is 12.2. The summed E-state index contributed by atoms with van der Waals surface area (Å²) in [5.41, 5.74) is 7.16. The predicted octanol–water partition coefficient (Wildman–Crippen LogP) is 3.19. The molecule has 1 aliphatic heterocycles. The smallest absolute Gasteiger partial charge is 0.237 e. The Kier molecular flexibility index (Phi) is 8.69. The van der Waals surface area contributed by atoms with E-state index in [1.165, 1.54) is 19.3 Å². The Morgan fingerprint density at radius 1 is 1.12 bits per heavy atom. The quantitative estimate of drug-likeness (QED) is 0.792. The highest BCUT2D eigenvalue weighted by Gasteiger charge is 2.26. The Hall–Kier alpha value is -1.30. The summed E-state index contributed by atoms with van der Waals surface area (Å²) >= 11 is 0. The van der Waals surface area contributed by atoms with Gasteiger partial charge in [-0.2, -0.15) is 0 Å². The van der Waals surface area contributed by atoms with Gasteiger partial charge in [0.2, 0.25) is 5.91 Å². The third-order valence-electron chi connectivity index (χ3n) is 5.32. The van der Waals surface area contributed by atoms with Gasteiger partial charge >= 0.3 is 0 Å². The zero-order valence-electron chi connectivity index (χ0n) is 15.3. The molecular formula is C20H31ClN2O3. The summed E-state index contributed by atoms with van der Waals surface area (Å²) < 4.78 is 11.4. The summed E-state index contributed by atoms with van der Waals surface area (Å²) in [6.07, 6.45) is 8.25. The molecule has 1 heterocycles. The first-order valence-electron chi connectivity index (χ1n) is 9.59. The van der Waals surface area contributed by atoms with E-state index in [2.05, 4.69) is 5.32 Å². The van der Waals surface area contributed by atoms with E-state index in [1.807, 2.05) is 24.3 Å². The van der Waals surface area contributed by atoms with Gasteiger partial charge in [-0.3, -0.25) is 4.79 Å². The van der Waals surface area contributed by atoms with Crippen molar-refractivity contribution in [3.63, 3.8) is 0 Å². The number of hydrogen-bond donors (Lipinski definition) is 2. The van der Waals surface area contributed by atoms with Crippen LogP contribution >= 0.6 is 12.4 Å². The van der Waals surface area contributed by atoms with Crippen LogP contribution in [0.5, 0.6) is 5.75 Å². The molecule has 1 atom stereocenters. The van der Waals surface area contributed by atoms with Crippen molar-refractivity contribution in [3.05, 3.63) is 29.8 Å². The van der Waals surface area contributed by atoms with E-state index in [9.17, 15) is 4.79 Å². The molecule has 1 aliphatic carbocycles. The van der Waals surface area contributed by atoms with Crippen LogP contribution in [-0.2, 0) is 16.1 Å². The summed E-state index contributed by atoms with van der Waals surface area (Å²) in [4.78, 5) is 12.2. The number of ether oxygens (including phenoxy) is 2. The summed E-state index contributed by atoms with van der Waals surface area (Å²) in [7, 11) is 0. The molecule has 6 heteroatoms. The molecule has 1 unspecified atom stereocenters. The predicted molar refractivity (Wildman–Crippen MR) is 105 cm³/mol. The molecule has 2 fully saturated rings. The lowest BCUT2D eigenvalue weighted by Gasteiger charge is -2.26. The first-order valence-corrected chi connectivity index (χ1v) is 9.59. The molecule has 5 nitrogen and oxygen atoms in total. The van der Waals surface area contributed by atoms with Gasteiger partial charge in [0.15, 0.2) is 0 Å². The highest BCUT2D eigenvalue weighted by Crippen LogP contribution is 2.23. The van der Waals surface area contributed by atoms with Crippen molar-refractivity contribution in [1.29, 1.82) is 0 Å². The number of carbonyl (C=O) groups is 1. The van der Waals surface area contributed by atoms with Crippen LogP contribution in [0.3, 0.4) is 0 Å². The van der Waals surface area contributed by atoms with Crippen molar-refractivity contribution in [1.82, 2.24) is 5.32 Å². The number of amides is 1. The zero-order chi connectivity index (χ0) is 17.5. The van der Waals surface area contributed by atoms with Crippen molar-refractivity contribution in [2.24, 2.45) is 11.7 Å². The fraction of sp³-hybridized carbons (Fsp3) is 0.650. The third-order valence-corrected chi connectivity index (χ3v) is 5.32. The van der Waals surface area contributed by atoms with Crippen LogP contribution in [0.1, 0.15) is 50.5 Å². The lowest BCUT2D eigenvalue weighted by atomic mass is 9.92. The van der Waals surface area contributed by atoms with Gasteiger partial charge in [0.1, 0.15) is 5.75 Å². The van der Waals surface area contributed by atoms with Gasteiger partial charge in [-0.15, -0.1) is 12.4 Å². The lowest BCUT2D eigenvalue weighted by molar-refractivity contribution is -0.124. The minimum Gasteiger partial charge on any atom is -0.490 e. The number of carbonyl (C=O) groups excluding carboxylic acids is 1. The van der Waals surface area contributed by atoms with Gasteiger partial charge in [0, 0.05) is 19.8 Å². The van der Waals surface area contributed by atoms with Gasteiger partial charge in [-0.25, -0.2) is 0 Å². The van der Waals surface area contributed by atoms with Gasteiger partial charge in [-0.1, -0.05) is 18.6 Å². The number of hydrogen-bond acceptors (Lipinski definition) is 4. The molecule has 0 aromatic heterocycles. The standard InChI is InChI=1S/C20H30N2O3.ClH/c21-19(16-10-12-24-13-11-16)20(23)22-14-15-6-8-18(9-7-15)25-17-4-2-1-3-5-17;/h6-9,16-17,19H,1-5,10-14,21H2,(H,22,23);1H. The van der Waals surface area contributed by atoms with Crippen LogP contribution in [0.25, 0.3) is 0 Å². The van der Waals surface area contributed by atoms with E-state index in [0.717, 1.165) is 37.0 Å². The number of nitrogens with one attached hydrogen (secondary N) is 1. The van der Waals surface area contributed by atoms with Crippen LogP contribution in [-0.4, -0.2) is 31.3 Å². The Morgan fingerprint density at radius 2 is 1.77 bits per heavy atom. The maximum atomic E-state index is 12.2. The molecule has 1 saturated heterocycles. The molecule has 1 aromatic carbocycles. The maximum Gasteiger partial charge on any atom is 0.237 e. The summed E-state index contributed by atoms with van der Waals surface area (Å²) in [5.74, 6) is 1.07. The SMILES string of the molecule is Cl.NC(C(=O)NCc1ccc(OC2CCCCC2)cc1)C1CCOCC1. The molecule has 1 amide bonds. The van der Waals surface area contributed by atoms with Crippen LogP contribution in [0.15, 0.2) is 24.3 Å². The van der Waals surface area contributed by atoms with E-state index >= 15 is 0 Å². The van der Waals surface area contributed by atoms with Crippen molar-refractivity contribution in [2.45, 2.75) is 63.6 Å². The van der Waals surface area contributed by atoms with E-state index in [0.29, 0.717) is 25.9 Å². The molecule has 3 rings (SSSR count). The molecule has 0 radical (unpaired) electrons. The van der Waals surface area contributed by atoms with Crippen molar-refractivity contribution < 1.29 is 14.3 Å². The van der Waals surface area contributed by atoms with E-state index in [1.54, 1.807) is 0 Å². The first kappa shape index (κ1) is 21.0. The molecule has 0 bridgehead atoms. The highest BCUT2D eigenvalue weighted by atomic mass is 35.5. The topological polar surface area (TPSA) is 73.6 Å². The normalized spacial score (nSPS) is 20.0. The molecule has 26 heavy (non-hydrogen) atoms. The van der Waals surface area contributed by atoms with Crippen LogP contribution in [0.2, 0.25) is 0 Å². The second kappa shape index (κ2) is 10.8. The van der Waals surface area contributed by atoms with Crippen molar-refractivity contribution in [2.75, 3.05) is 13.2 Å². The zero-order valence-corrected chi connectivity index (χ0v) is 16.1. The molecule has 1 saturated carbocycles. The Balaban J connectivity index is 0.00000243. The van der Waals surface area contributed by atoms with Crippen LogP contribution in [0, 0.1) is 5.92 Å². The molecule has 3 N–H and O–H groups in total. The summed E-state index contributed by atoms with van der Waals surface area (Å²) in [6.45, 7) is 1.90. The number of halogens is 1. The first-order chi connectivity index (χ1) is 12.2. The molecule has 146 valence electrons. The Morgan fingerprint density at radius 3 is 2.42 bits per heavy atom. The average Bonchev–Trinajstić information content (AvgIpc) is 2.68. The van der Waals surface area contributed by atoms with Gasteiger partial charge in [-0.05, 0) is 62.1 Å². The average molecular weight is 383 g/mol. The van der Waals surface area contributed by atoms with Gasteiger partial charge < -0.3 is 20.5 Å². The van der Waals surface area contributed by atoms with E-state index < -0.39 is 6.04 Å². The largest absolute Gasteiger partial charge is 0.490 e. The second-order valence-electron chi connectivity index (χ2n) is 7.22. The minimum atomic E-state index is -0.446. The Labute approximate surface area is 162 Å². The molecule has 2 aliphatic rings. The summed E-state index contributed by atoms with van der Waals surface area (Å²) in [5, 5.41) is 2.95. The minimum absolute atomic E-state index is 0. The van der Waals surface area contributed by atoms with E-state index in [-0.39, 0.29) is 24.2 Å². The highest BCUT2D eigenvalue weighted by molar-refractivity contribution is 5.85. The van der Waals surface area contributed by atoms with Crippen LogP contribution < -0.4 is 15.8 Å². The third kappa shape index (κ3) is 6.15. The number of rotatable bonds is 6. The fourth-order valence-corrected chi connectivity index (χ4v) is 3.66. The molecular weight excluding hydrogens is 352 g/mol. The molecule has 0 spiro atoms. The molecule has 1 aromatic rings. The van der Waals surface area contributed by atoms with Crippen molar-refractivity contribution >= 4 is 18.3 Å². The Bertz CT molecular complexity index is 540. The number of benzene rings is 1. The van der Waals surface area contributed by atoms with E-state index in [4.69, 9.17) is 15.2 Å². The second-order valence-corrected chi connectivity index (χ2v) is 7.22. The fourth-order valence-electron chi connectivity index (χ4n) is 3.66. The van der Waals surface area contributed by atoms with Gasteiger partial charge in [0.05, 0.1) is 12.1 Å². The van der Waals surface area contributed by atoms with Crippen LogP contribution in [0.4, 0.5) is 0 Å². The van der Waals surface area contributed by atoms with Crippen molar-refractivity contribution in [3.8, 4) is 5.75 Å². The van der Waals surface area contributed by atoms with Gasteiger partial charge in [0.25, 0.3) is 0 Å². The monoisotopic (exact) mass is 382 g/mol. The lowest BCUT2D eigenvalue weighted by Crippen LogP contribution is -2.46.